The van der Waals surface area contributed by atoms with Crippen molar-refractivity contribution >= 4 is 5.69 Å². The van der Waals surface area contributed by atoms with Gasteiger partial charge in [-0.3, -0.25) is 0 Å². The van der Waals surface area contributed by atoms with E-state index in [0.717, 1.165) is 17.1 Å². The van der Waals surface area contributed by atoms with Gasteiger partial charge in [-0.1, -0.05) is 11.2 Å². The molecule has 0 saturated heterocycles. The normalized spacial score (nSPS) is 15.1. The third-order valence-electron chi connectivity index (χ3n) is 2.78. The van der Waals surface area contributed by atoms with Gasteiger partial charge in [0.05, 0.1) is 0 Å². The zero-order valence-corrected chi connectivity index (χ0v) is 9.10. The minimum Gasteiger partial charge on any atom is -0.388 e. The lowest BCUT2D eigenvalue weighted by molar-refractivity contribution is 0.422. The molecule has 1 aliphatic carbocycles. The van der Waals surface area contributed by atoms with Crippen LogP contribution in [0.4, 0.5) is 5.69 Å². The van der Waals surface area contributed by atoms with Crippen LogP contribution < -0.4 is 5.32 Å². The van der Waals surface area contributed by atoms with Crippen molar-refractivity contribution in [1.82, 2.24) is 10.1 Å². The lowest BCUT2D eigenvalue weighted by Gasteiger charge is -2.00. The van der Waals surface area contributed by atoms with E-state index in [1.165, 1.54) is 12.8 Å². The molecule has 16 heavy (non-hydrogen) atoms. The van der Waals surface area contributed by atoms with Crippen LogP contribution in [0.1, 0.15) is 24.6 Å². The van der Waals surface area contributed by atoms with E-state index < -0.39 is 0 Å². The number of nitrogens with one attached hydrogen (secondary N) is 1. The minimum atomic E-state index is 0.532. The highest BCUT2D eigenvalue weighted by Gasteiger charge is 2.28. The summed E-state index contributed by atoms with van der Waals surface area (Å²) < 4.78 is 5.26. The van der Waals surface area contributed by atoms with Crippen molar-refractivity contribution < 1.29 is 4.52 Å². The first-order chi connectivity index (χ1) is 7.86. The van der Waals surface area contributed by atoms with E-state index in [1.54, 1.807) is 0 Å². The zero-order chi connectivity index (χ0) is 11.0. The first-order valence-electron chi connectivity index (χ1n) is 5.48. The summed E-state index contributed by atoms with van der Waals surface area (Å²) in [6, 6.07) is 7.96. The minimum absolute atomic E-state index is 0.532. The first kappa shape index (κ1) is 9.39. The monoisotopic (exact) mass is 215 g/mol. The maximum Gasteiger partial charge on any atom is 0.258 e. The van der Waals surface area contributed by atoms with Gasteiger partial charge in [0.15, 0.2) is 5.82 Å². The van der Waals surface area contributed by atoms with Crippen molar-refractivity contribution in [3.63, 3.8) is 0 Å². The van der Waals surface area contributed by atoms with E-state index in [1.807, 2.05) is 31.3 Å². The van der Waals surface area contributed by atoms with Crippen molar-refractivity contribution in [2.24, 2.45) is 0 Å². The molecular weight excluding hydrogens is 202 g/mol. The largest absolute Gasteiger partial charge is 0.388 e. The van der Waals surface area contributed by atoms with Gasteiger partial charge >= 0.3 is 0 Å². The van der Waals surface area contributed by atoms with Gasteiger partial charge in [0, 0.05) is 24.2 Å². The van der Waals surface area contributed by atoms with Gasteiger partial charge in [0.25, 0.3) is 5.89 Å². The maximum absolute atomic E-state index is 5.26. The molecule has 3 rings (SSSR count). The SMILES string of the molecule is CNc1cccc(-c2nc(C3CC3)no2)c1. The van der Waals surface area contributed by atoms with E-state index in [4.69, 9.17) is 4.52 Å². The topological polar surface area (TPSA) is 51.0 Å². The molecule has 0 radical (unpaired) electrons. The first-order valence-corrected chi connectivity index (χ1v) is 5.48. The van der Waals surface area contributed by atoms with Crippen molar-refractivity contribution in [3.8, 4) is 11.5 Å². The summed E-state index contributed by atoms with van der Waals surface area (Å²) in [7, 11) is 1.89. The molecule has 0 aliphatic heterocycles. The third-order valence-corrected chi connectivity index (χ3v) is 2.78. The summed E-state index contributed by atoms with van der Waals surface area (Å²) in [5, 5.41) is 7.09. The second kappa shape index (κ2) is 3.63. The van der Waals surface area contributed by atoms with E-state index in [0.29, 0.717) is 11.8 Å². The van der Waals surface area contributed by atoms with Gasteiger partial charge in [-0.2, -0.15) is 4.98 Å². The van der Waals surface area contributed by atoms with Gasteiger partial charge in [0.2, 0.25) is 0 Å². The number of benzene rings is 1. The van der Waals surface area contributed by atoms with E-state index >= 15 is 0 Å². The maximum atomic E-state index is 5.26. The van der Waals surface area contributed by atoms with Crippen molar-refractivity contribution in [3.05, 3.63) is 30.1 Å². The predicted molar refractivity (Wildman–Crippen MR) is 61.3 cm³/mol. The molecular formula is C12H13N3O. The number of nitrogens with zero attached hydrogens (tertiary/aromatic N) is 2. The summed E-state index contributed by atoms with van der Waals surface area (Å²) in [6.45, 7) is 0. The van der Waals surface area contributed by atoms with Gasteiger partial charge in [-0.05, 0) is 31.0 Å². The summed E-state index contributed by atoms with van der Waals surface area (Å²) in [6.07, 6.45) is 2.38. The Morgan fingerprint density at radius 1 is 1.38 bits per heavy atom. The quantitative estimate of drug-likeness (QED) is 0.855. The fraction of sp³-hybridized carbons (Fsp3) is 0.333. The van der Waals surface area contributed by atoms with Crippen LogP contribution in [0.5, 0.6) is 0 Å². The Hall–Kier alpha value is -1.84. The van der Waals surface area contributed by atoms with Crippen LogP contribution in [0.25, 0.3) is 11.5 Å². The Balaban J connectivity index is 1.93. The van der Waals surface area contributed by atoms with E-state index in [2.05, 4.69) is 15.5 Å². The standard InChI is InChI=1S/C12H13N3O/c1-13-10-4-2-3-9(7-10)12-14-11(15-16-12)8-5-6-8/h2-4,7-8,13H,5-6H2,1H3. The molecule has 0 unspecified atom stereocenters. The Kier molecular flexibility index (Phi) is 2.13. The number of hydrogen-bond donors (Lipinski definition) is 1. The Morgan fingerprint density at radius 3 is 3.00 bits per heavy atom. The highest BCUT2D eigenvalue weighted by atomic mass is 16.5. The van der Waals surface area contributed by atoms with Gasteiger partial charge < -0.3 is 9.84 Å². The molecule has 1 saturated carbocycles. The van der Waals surface area contributed by atoms with E-state index in [-0.39, 0.29) is 0 Å². The summed E-state index contributed by atoms with van der Waals surface area (Å²) in [5.74, 6) is 1.99. The smallest absolute Gasteiger partial charge is 0.258 e. The fourth-order valence-corrected chi connectivity index (χ4v) is 1.67. The van der Waals surface area contributed by atoms with Gasteiger partial charge in [0.1, 0.15) is 0 Å². The molecule has 4 heteroatoms. The molecule has 1 N–H and O–H groups in total. The molecule has 0 amide bonds. The molecule has 4 nitrogen and oxygen atoms in total. The second-order valence-electron chi connectivity index (χ2n) is 4.06. The van der Waals surface area contributed by atoms with Crippen LogP contribution in [0.15, 0.2) is 28.8 Å². The highest BCUT2D eigenvalue weighted by Crippen LogP contribution is 2.38. The summed E-state index contributed by atoms with van der Waals surface area (Å²) >= 11 is 0. The summed E-state index contributed by atoms with van der Waals surface area (Å²) in [5.41, 5.74) is 2.01. The predicted octanol–water partition coefficient (Wildman–Crippen LogP) is 2.66. The molecule has 0 bridgehead atoms. The molecule has 2 aromatic rings. The van der Waals surface area contributed by atoms with Crippen molar-refractivity contribution in [2.45, 2.75) is 18.8 Å². The number of rotatable bonds is 3. The molecule has 1 fully saturated rings. The molecule has 1 heterocycles. The van der Waals surface area contributed by atoms with Crippen molar-refractivity contribution in [1.29, 1.82) is 0 Å². The van der Waals surface area contributed by atoms with Crippen LogP contribution >= 0.6 is 0 Å². The number of aromatic nitrogens is 2. The fourth-order valence-electron chi connectivity index (χ4n) is 1.67. The highest BCUT2D eigenvalue weighted by molar-refractivity contribution is 5.60. The van der Waals surface area contributed by atoms with Crippen molar-refractivity contribution in [2.75, 3.05) is 12.4 Å². The lowest BCUT2D eigenvalue weighted by Crippen LogP contribution is -1.88. The average molecular weight is 215 g/mol. The van der Waals surface area contributed by atoms with Crippen LogP contribution in [0.3, 0.4) is 0 Å². The Bertz CT molecular complexity index is 502. The number of hydrogen-bond acceptors (Lipinski definition) is 4. The van der Waals surface area contributed by atoms with E-state index in [9.17, 15) is 0 Å². The molecule has 1 aromatic heterocycles. The lowest BCUT2D eigenvalue weighted by atomic mass is 10.2. The zero-order valence-electron chi connectivity index (χ0n) is 9.10. The second-order valence-corrected chi connectivity index (χ2v) is 4.06. The number of anilines is 1. The summed E-state index contributed by atoms with van der Waals surface area (Å²) in [4.78, 5) is 4.41. The molecule has 1 aliphatic rings. The molecule has 82 valence electrons. The van der Waals surface area contributed by atoms with Gasteiger partial charge in [-0.15, -0.1) is 0 Å². The Labute approximate surface area is 93.7 Å². The average Bonchev–Trinajstić information content (AvgIpc) is 3.07. The van der Waals surface area contributed by atoms with Crippen LogP contribution in [-0.2, 0) is 0 Å². The Morgan fingerprint density at radius 2 is 2.25 bits per heavy atom. The van der Waals surface area contributed by atoms with Crippen LogP contribution in [0, 0.1) is 0 Å². The molecule has 0 atom stereocenters. The van der Waals surface area contributed by atoms with Crippen LogP contribution in [-0.4, -0.2) is 17.2 Å². The third kappa shape index (κ3) is 1.66. The van der Waals surface area contributed by atoms with Crippen LogP contribution in [0.2, 0.25) is 0 Å². The molecule has 0 spiro atoms. The van der Waals surface area contributed by atoms with Gasteiger partial charge in [-0.25, -0.2) is 0 Å². The molecule has 1 aromatic carbocycles.